The van der Waals surface area contributed by atoms with E-state index in [0.29, 0.717) is 24.6 Å². The molecule has 0 aromatic heterocycles. The maximum absolute atomic E-state index is 12.1. The van der Waals surface area contributed by atoms with E-state index in [1.54, 1.807) is 6.07 Å². The zero-order valence-corrected chi connectivity index (χ0v) is 15.2. The van der Waals surface area contributed by atoms with Crippen LogP contribution in [0.2, 0.25) is 0 Å². The normalized spacial score (nSPS) is 11.4. The molecule has 5 heteroatoms. The van der Waals surface area contributed by atoms with Gasteiger partial charge in [-0.25, -0.2) is 0 Å². The number of hydrogen-bond donors (Lipinski definition) is 3. The number of rotatable bonds is 8. The van der Waals surface area contributed by atoms with Crippen molar-refractivity contribution >= 4 is 17.5 Å². The summed E-state index contributed by atoms with van der Waals surface area (Å²) in [6, 6.07) is 7.50. The zero-order valence-electron chi connectivity index (χ0n) is 15.2. The first-order valence-electron chi connectivity index (χ1n) is 8.67. The van der Waals surface area contributed by atoms with Gasteiger partial charge in [-0.3, -0.25) is 9.59 Å². The van der Waals surface area contributed by atoms with Crippen LogP contribution in [0.4, 0.5) is 5.69 Å². The Bertz CT molecular complexity index is 551. The van der Waals surface area contributed by atoms with Crippen LogP contribution in [0.25, 0.3) is 0 Å². The molecule has 0 aliphatic carbocycles. The molecule has 0 radical (unpaired) electrons. The zero-order chi connectivity index (χ0) is 18.2. The summed E-state index contributed by atoms with van der Waals surface area (Å²) < 4.78 is 0. The average molecular weight is 334 g/mol. The van der Waals surface area contributed by atoms with Gasteiger partial charge in [0.1, 0.15) is 0 Å². The van der Waals surface area contributed by atoms with Gasteiger partial charge in [0.2, 0.25) is 0 Å². The van der Waals surface area contributed by atoms with Crippen molar-refractivity contribution in [2.45, 2.75) is 52.9 Å². The molecule has 1 rings (SSSR count). The molecule has 24 heavy (non-hydrogen) atoms. The number of nitrogens with one attached hydrogen (secondary N) is 2. The lowest BCUT2D eigenvalue weighted by atomic mass is 9.79. The van der Waals surface area contributed by atoms with Gasteiger partial charge in [-0.2, -0.15) is 0 Å². The molecule has 0 bridgehead atoms. The van der Waals surface area contributed by atoms with Crippen molar-refractivity contribution in [1.82, 2.24) is 5.32 Å². The van der Waals surface area contributed by atoms with Gasteiger partial charge < -0.3 is 15.7 Å². The van der Waals surface area contributed by atoms with Crippen molar-refractivity contribution in [3.8, 4) is 0 Å². The number of carbonyl (C=O) groups excluding carboxylic acids is 2. The second-order valence-electron chi connectivity index (χ2n) is 6.60. The highest BCUT2D eigenvalue weighted by Gasteiger charge is 2.27. The smallest absolute Gasteiger partial charge is 0.313 e. The van der Waals surface area contributed by atoms with Crippen molar-refractivity contribution in [3.63, 3.8) is 0 Å². The molecular formula is C19H30N2O3. The Morgan fingerprint density at radius 3 is 2.38 bits per heavy atom. The summed E-state index contributed by atoms with van der Waals surface area (Å²) in [5, 5.41) is 14.6. The lowest BCUT2D eigenvalue weighted by Gasteiger charge is -2.31. The minimum absolute atomic E-state index is 0.0751. The molecule has 0 saturated heterocycles. The van der Waals surface area contributed by atoms with Gasteiger partial charge in [-0.15, -0.1) is 0 Å². The summed E-state index contributed by atoms with van der Waals surface area (Å²) in [4.78, 5) is 24.1. The summed E-state index contributed by atoms with van der Waals surface area (Å²) in [7, 11) is 0. The van der Waals surface area contributed by atoms with E-state index < -0.39 is 11.8 Å². The van der Waals surface area contributed by atoms with Gasteiger partial charge in [0.05, 0.1) is 0 Å². The minimum atomic E-state index is -0.666. The third-order valence-corrected chi connectivity index (χ3v) is 4.78. The van der Waals surface area contributed by atoms with Gasteiger partial charge >= 0.3 is 11.8 Å². The van der Waals surface area contributed by atoms with Crippen LogP contribution in [0.3, 0.4) is 0 Å². The molecule has 0 fully saturated rings. The topological polar surface area (TPSA) is 78.4 Å². The Morgan fingerprint density at radius 2 is 1.83 bits per heavy atom. The van der Waals surface area contributed by atoms with Crippen LogP contribution in [0, 0.1) is 5.41 Å². The second-order valence-corrected chi connectivity index (χ2v) is 6.60. The van der Waals surface area contributed by atoms with Crippen LogP contribution in [0.1, 0.15) is 58.4 Å². The molecule has 0 saturated carbocycles. The fourth-order valence-electron chi connectivity index (χ4n) is 2.69. The maximum Gasteiger partial charge on any atom is 0.313 e. The van der Waals surface area contributed by atoms with E-state index >= 15 is 0 Å². The number of hydrogen-bond acceptors (Lipinski definition) is 3. The van der Waals surface area contributed by atoms with Crippen LogP contribution in [-0.2, 0) is 9.59 Å². The summed E-state index contributed by atoms with van der Waals surface area (Å²) in [6.07, 6.45) is 2.28. The molecule has 3 N–H and O–H groups in total. The first-order valence-corrected chi connectivity index (χ1v) is 8.67. The molecule has 0 atom stereocenters. The predicted octanol–water partition coefficient (Wildman–Crippen LogP) is 3.05. The second kappa shape index (κ2) is 9.42. The van der Waals surface area contributed by atoms with E-state index in [1.807, 2.05) is 32.0 Å². The summed E-state index contributed by atoms with van der Waals surface area (Å²) >= 11 is 0. The first-order chi connectivity index (χ1) is 11.4. The van der Waals surface area contributed by atoms with Crippen molar-refractivity contribution in [1.29, 1.82) is 0 Å². The van der Waals surface area contributed by atoms with Crippen molar-refractivity contribution in [2.24, 2.45) is 5.41 Å². The Hall–Kier alpha value is -1.88. The largest absolute Gasteiger partial charge is 0.396 e. The van der Waals surface area contributed by atoms with E-state index in [0.717, 1.165) is 18.4 Å². The van der Waals surface area contributed by atoms with E-state index in [1.165, 1.54) is 0 Å². The average Bonchev–Trinajstić information content (AvgIpc) is 2.58. The monoisotopic (exact) mass is 334 g/mol. The molecule has 5 nitrogen and oxygen atoms in total. The quantitative estimate of drug-likeness (QED) is 0.639. The fourth-order valence-corrected chi connectivity index (χ4v) is 2.69. The van der Waals surface area contributed by atoms with Gasteiger partial charge in [-0.1, -0.05) is 39.8 Å². The van der Waals surface area contributed by atoms with E-state index in [2.05, 4.69) is 24.5 Å². The van der Waals surface area contributed by atoms with Crippen molar-refractivity contribution in [3.05, 3.63) is 29.8 Å². The lowest BCUT2D eigenvalue weighted by molar-refractivity contribution is -0.136. The van der Waals surface area contributed by atoms with Crippen LogP contribution in [0.15, 0.2) is 24.3 Å². The molecule has 1 aromatic rings. The Balaban J connectivity index is 2.65. The number of carbonyl (C=O) groups is 2. The Labute approximate surface area is 144 Å². The van der Waals surface area contributed by atoms with Gasteiger partial charge in [0, 0.05) is 18.8 Å². The predicted molar refractivity (Wildman–Crippen MR) is 96.9 cm³/mol. The van der Waals surface area contributed by atoms with E-state index in [9.17, 15) is 14.7 Å². The van der Waals surface area contributed by atoms with Crippen LogP contribution in [-0.4, -0.2) is 30.1 Å². The van der Waals surface area contributed by atoms with Crippen molar-refractivity contribution in [2.75, 3.05) is 18.5 Å². The van der Waals surface area contributed by atoms with Crippen molar-refractivity contribution < 1.29 is 14.7 Å². The highest BCUT2D eigenvalue weighted by molar-refractivity contribution is 6.39. The highest BCUT2D eigenvalue weighted by Crippen LogP contribution is 2.29. The number of anilines is 1. The number of amides is 2. The first kappa shape index (κ1) is 20.2. The Kier molecular flexibility index (Phi) is 7.92. The van der Waals surface area contributed by atoms with Gasteiger partial charge in [-0.05, 0) is 48.3 Å². The third-order valence-electron chi connectivity index (χ3n) is 4.78. The number of aliphatic hydroxyl groups is 1. The van der Waals surface area contributed by atoms with E-state index in [4.69, 9.17) is 0 Å². The fraction of sp³-hybridized carbons (Fsp3) is 0.579. The molecule has 1 aromatic carbocycles. The molecule has 0 heterocycles. The number of aliphatic hydroxyl groups excluding tert-OH is 1. The molecule has 2 amide bonds. The van der Waals surface area contributed by atoms with Crippen LogP contribution < -0.4 is 10.6 Å². The SMILES string of the molecule is CCC(CC)(CCO)CNC(=O)C(=O)Nc1cccc(C(C)C)c1. The molecule has 134 valence electrons. The summed E-state index contributed by atoms with van der Waals surface area (Å²) in [5.74, 6) is -0.959. The van der Waals surface area contributed by atoms with Gasteiger partial charge in [0.25, 0.3) is 0 Å². The maximum atomic E-state index is 12.1. The van der Waals surface area contributed by atoms with Crippen LogP contribution in [0.5, 0.6) is 0 Å². The molecule has 0 aliphatic heterocycles. The van der Waals surface area contributed by atoms with E-state index in [-0.39, 0.29) is 12.0 Å². The highest BCUT2D eigenvalue weighted by atomic mass is 16.3. The van der Waals surface area contributed by atoms with Gasteiger partial charge in [0.15, 0.2) is 0 Å². The third kappa shape index (κ3) is 5.64. The summed E-state index contributed by atoms with van der Waals surface area (Å²) in [6.45, 7) is 8.67. The lowest BCUT2D eigenvalue weighted by Crippen LogP contribution is -2.42. The van der Waals surface area contributed by atoms with Crippen LogP contribution >= 0.6 is 0 Å². The molecule has 0 unspecified atom stereocenters. The Morgan fingerprint density at radius 1 is 1.17 bits per heavy atom. The minimum Gasteiger partial charge on any atom is -0.396 e. The standard InChI is InChI=1S/C19H30N2O3/c1-5-19(6-2,10-11-22)13-20-17(23)18(24)21-16-9-7-8-15(12-16)14(3)4/h7-9,12,14,22H,5-6,10-11,13H2,1-4H3,(H,20,23)(H,21,24). The molecule has 0 spiro atoms. The number of benzene rings is 1. The summed E-state index contributed by atoms with van der Waals surface area (Å²) in [5.41, 5.74) is 1.56. The molecule has 0 aliphatic rings. The molecular weight excluding hydrogens is 304 g/mol.